The molecule has 122 valence electrons. The summed E-state index contributed by atoms with van der Waals surface area (Å²) in [5, 5.41) is 6.56. The maximum Gasteiger partial charge on any atom is 0.243 e. The number of hydrogen-bond donors (Lipinski definition) is 2. The highest BCUT2D eigenvalue weighted by Crippen LogP contribution is 2.29. The van der Waals surface area contributed by atoms with Crippen molar-refractivity contribution in [3.63, 3.8) is 0 Å². The molecule has 2 N–H and O–H groups in total. The number of carbonyl (C=O) groups is 1. The quantitative estimate of drug-likeness (QED) is 0.845. The Morgan fingerprint density at radius 3 is 2.48 bits per heavy atom. The van der Waals surface area contributed by atoms with E-state index in [9.17, 15) is 4.79 Å². The Labute approximate surface area is 140 Å². The van der Waals surface area contributed by atoms with Crippen molar-refractivity contribution in [3.8, 4) is 11.5 Å². The van der Waals surface area contributed by atoms with Crippen molar-refractivity contribution in [2.45, 2.75) is 6.92 Å². The second-order valence-corrected chi connectivity index (χ2v) is 5.36. The van der Waals surface area contributed by atoms with E-state index in [2.05, 4.69) is 10.6 Å². The molecule has 0 aliphatic rings. The number of benzene rings is 2. The van der Waals surface area contributed by atoms with Crippen molar-refractivity contribution in [2.75, 3.05) is 31.4 Å². The number of aryl methyl sites for hydroxylation is 1. The number of anilines is 2. The number of methoxy groups -OCH3 is 2. The predicted octanol–water partition coefficient (Wildman–Crippen LogP) is 3.72. The van der Waals surface area contributed by atoms with E-state index >= 15 is 0 Å². The van der Waals surface area contributed by atoms with Gasteiger partial charge in [0, 0.05) is 16.8 Å². The fourth-order valence-electron chi connectivity index (χ4n) is 2.10. The summed E-state index contributed by atoms with van der Waals surface area (Å²) >= 11 is 5.91. The Bertz CT molecular complexity index is 704. The highest BCUT2D eigenvalue weighted by molar-refractivity contribution is 6.30. The first-order valence-electron chi connectivity index (χ1n) is 7.05. The van der Waals surface area contributed by atoms with Crippen molar-refractivity contribution in [3.05, 3.63) is 47.0 Å². The first-order chi connectivity index (χ1) is 11.0. The smallest absolute Gasteiger partial charge is 0.243 e. The summed E-state index contributed by atoms with van der Waals surface area (Å²) in [7, 11) is 3.12. The van der Waals surface area contributed by atoms with Crippen LogP contribution in [0, 0.1) is 6.92 Å². The SMILES string of the molecule is COc1ccc(NC(=O)CNc2ccc(Cl)cc2C)c(OC)c1. The van der Waals surface area contributed by atoms with Gasteiger partial charge < -0.3 is 20.1 Å². The maximum absolute atomic E-state index is 12.1. The van der Waals surface area contributed by atoms with Crippen molar-refractivity contribution in [2.24, 2.45) is 0 Å². The van der Waals surface area contributed by atoms with Crippen LogP contribution in [0.5, 0.6) is 11.5 Å². The van der Waals surface area contributed by atoms with E-state index in [0.29, 0.717) is 22.2 Å². The number of ether oxygens (including phenoxy) is 2. The summed E-state index contributed by atoms with van der Waals surface area (Å²) in [6.45, 7) is 2.07. The summed E-state index contributed by atoms with van der Waals surface area (Å²) < 4.78 is 10.4. The predicted molar refractivity (Wildman–Crippen MR) is 92.9 cm³/mol. The molecule has 0 atom stereocenters. The summed E-state index contributed by atoms with van der Waals surface area (Å²) in [4.78, 5) is 12.1. The lowest BCUT2D eigenvalue weighted by Gasteiger charge is -2.13. The van der Waals surface area contributed by atoms with Crippen molar-refractivity contribution >= 4 is 28.9 Å². The van der Waals surface area contributed by atoms with Crippen molar-refractivity contribution in [1.82, 2.24) is 0 Å². The van der Waals surface area contributed by atoms with E-state index in [1.54, 1.807) is 38.5 Å². The average Bonchev–Trinajstić information content (AvgIpc) is 2.54. The van der Waals surface area contributed by atoms with Gasteiger partial charge in [-0.3, -0.25) is 4.79 Å². The van der Waals surface area contributed by atoms with Crippen LogP contribution in [-0.2, 0) is 4.79 Å². The van der Waals surface area contributed by atoms with Gasteiger partial charge in [-0.15, -0.1) is 0 Å². The average molecular weight is 335 g/mol. The molecule has 0 aromatic heterocycles. The second kappa shape index (κ2) is 7.74. The number of halogens is 1. The van der Waals surface area contributed by atoms with Crippen LogP contribution < -0.4 is 20.1 Å². The van der Waals surface area contributed by atoms with Crippen LogP contribution in [0.25, 0.3) is 0 Å². The Kier molecular flexibility index (Phi) is 5.71. The molecule has 23 heavy (non-hydrogen) atoms. The van der Waals surface area contributed by atoms with Gasteiger partial charge in [0.05, 0.1) is 26.5 Å². The second-order valence-electron chi connectivity index (χ2n) is 4.93. The molecule has 2 rings (SSSR count). The molecule has 5 nitrogen and oxygen atoms in total. The Morgan fingerprint density at radius 1 is 1.09 bits per heavy atom. The third-order valence-corrected chi connectivity index (χ3v) is 3.55. The summed E-state index contributed by atoms with van der Waals surface area (Å²) in [6, 6.07) is 10.7. The third kappa shape index (κ3) is 4.53. The molecule has 2 aromatic carbocycles. The fourth-order valence-corrected chi connectivity index (χ4v) is 2.32. The number of carbonyl (C=O) groups excluding carboxylic acids is 1. The van der Waals surface area contributed by atoms with Gasteiger partial charge in [0.15, 0.2) is 0 Å². The minimum Gasteiger partial charge on any atom is -0.497 e. The fraction of sp³-hybridized carbons (Fsp3) is 0.235. The number of rotatable bonds is 6. The van der Waals surface area contributed by atoms with E-state index in [-0.39, 0.29) is 12.5 Å². The number of hydrogen-bond acceptors (Lipinski definition) is 4. The molecule has 0 aliphatic carbocycles. The van der Waals surface area contributed by atoms with Gasteiger partial charge in [-0.1, -0.05) is 11.6 Å². The molecule has 0 radical (unpaired) electrons. The first-order valence-corrected chi connectivity index (χ1v) is 7.43. The summed E-state index contributed by atoms with van der Waals surface area (Å²) in [5.74, 6) is 1.03. The lowest BCUT2D eigenvalue weighted by atomic mass is 10.2. The highest BCUT2D eigenvalue weighted by Gasteiger charge is 2.09. The molecule has 0 unspecified atom stereocenters. The molecule has 0 bridgehead atoms. The minimum absolute atomic E-state index is 0.137. The van der Waals surface area contributed by atoms with Gasteiger partial charge >= 0.3 is 0 Å². The van der Waals surface area contributed by atoms with E-state index in [0.717, 1.165) is 11.3 Å². The van der Waals surface area contributed by atoms with Gasteiger partial charge in [0.2, 0.25) is 5.91 Å². The largest absolute Gasteiger partial charge is 0.497 e. The van der Waals surface area contributed by atoms with E-state index in [1.807, 2.05) is 19.1 Å². The Morgan fingerprint density at radius 2 is 1.83 bits per heavy atom. The molecule has 0 saturated heterocycles. The third-order valence-electron chi connectivity index (χ3n) is 3.31. The van der Waals surface area contributed by atoms with Gasteiger partial charge in [-0.2, -0.15) is 0 Å². The molecule has 0 aliphatic heterocycles. The molecule has 0 spiro atoms. The standard InChI is InChI=1S/C17H19ClN2O3/c1-11-8-12(18)4-6-14(11)19-10-17(21)20-15-7-5-13(22-2)9-16(15)23-3/h4-9,19H,10H2,1-3H3,(H,20,21). The van der Waals surface area contributed by atoms with Gasteiger partial charge in [-0.25, -0.2) is 0 Å². The molecule has 2 aromatic rings. The van der Waals surface area contributed by atoms with E-state index < -0.39 is 0 Å². The summed E-state index contributed by atoms with van der Waals surface area (Å²) in [5.41, 5.74) is 2.44. The van der Waals surface area contributed by atoms with Crippen LogP contribution in [0.3, 0.4) is 0 Å². The monoisotopic (exact) mass is 334 g/mol. The van der Waals surface area contributed by atoms with Crippen LogP contribution in [0.4, 0.5) is 11.4 Å². The van der Waals surface area contributed by atoms with Gasteiger partial charge in [0.1, 0.15) is 11.5 Å². The molecule has 6 heteroatoms. The molecular formula is C17H19ClN2O3. The first kappa shape index (κ1) is 17.0. The van der Waals surface area contributed by atoms with Crippen molar-refractivity contribution < 1.29 is 14.3 Å². The summed E-state index contributed by atoms with van der Waals surface area (Å²) in [6.07, 6.45) is 0. The molecule has 1 amide bonds. The lowest BCUT2D eigenvalue weighted by molar-refractivity contribution is -0.114. The van der Waals surface area contributed by atoms with E-state index in [1.165, 1.54) is 0 Å². The zero-order chi connectivity index (χ0) is 16.8. The maximum atomic E-state index is 12.1. The highest BCUT2D eigenvalue weighted by atomic mass is 35.5. The number of amides is 1. The zero-order valence-corrected chi connectivity index (χ0v) is 14.0. The van der Waals surface area contributed by atoms with Crippen LogP contribution >= 0.6 is 11.6 Å². The zero-order valence-electron chi connectivity index (χ0n) is 13.3. The Balaban J connectivity index is 1.99. The van der Waals surface area contributed by atoms with Crippen LogP contribution in [0.15, 0.2) is 36.4 Å². The normalized spacial score (nSPS) is 10.1. The van der Waals surface area contributed by atoms with Crippen LogP contribution in [0.1, 0.15) is 5.56 Å². The van der Waals surface area contributed by atoms with Crippen molar-refractivity contribution in [1.29, 1.82) is 0 Å². The molecule has 0 fully saturated rings. The van der Waals surface area contributed by atoms with Crippen LogP contribution in [-0.4, -0.2) is 26.7 Å². The van der Waals surface area contributed by atoms with E-state index in [4.69, 9.17) is 21.1 Å². The molecule has 0 heterocycles. The lowest BCUT2D eigenvalue weighted by Crippen LogP contribution is -2.22. The van der Waals surface area contributed by atoms with Gasteiger partial charge in [0.25, 0.3) is 0 Å². The van der Waals surface area contributed by atoms with Crippen LogP contribution in [0.2, 0.25) is 5.02 Å². The minimum atomic E-state index is -0.178. The number of nitrogens with one attached hydrogen (secondary N) is 2. The molecule has 0 saturated carbocycles. The Hall–Kier alpha value is -2.40. The topological polar surface area (TPSA) is 59.6 Å². The van der Waals surface area contributed by atoms with Gasteiger partial charge in [-0.05, 0) is 42.8 Å². The molecular weight excluding hydrogens is 316 g/mol.